The Labute approximate surface area is 118 Å². The van der Waals surface area contributed by atoms with Gasteiger partial charge in [0.15, 0.2) is 5.82 Å². The normalized spacial score (nSPS) is 10.0. The number of hydrogen-bond acceptors (Lipinski definition) is 5. The summed E-state index contributed by atoms with van der Waals surface area (Å²) in [5.41, 5.74) is 2.74. The number of aromatic nitrogens is 2. The van der Waals surface area contributed by atoms with Crippen LogP contribution in [0.2, 0.25) is 0 Å². The Morgan fingerprint density at radius 1 is 1.25 bits per heavy atom. The lowest BCUT2D eigenvalue weighted by Gasteiger charge is -2.11. The van der Waals surface area contributed by atoms with Gasteiger partial charge in [-0.05, 0) is 24.1 Å². The molecule has 1 aromatic carbocycles. The van der Waals surface area contributed by atoms with Gasteiger partial charge in [-0.2, -0.15) is 10.4 Å². The van der Waals surface area contributed by atoms with E-state index in [1.807, 2.05) is 31.2 Å². The molecule has 1 aromatic heterocycles. The zero-order chi connectivity index (χ0) is 14.2. The first-order chi connectivity index (χ1) is 9.85. The molecule has 0 fully saturated rings. The molecule has 20 heavy (non-hydrogen) atoms. The molecular weight excluding hydrogens is 252 g/mol. The van der Waals surface area contributed by atoms with E-state index in [9.17, 15) is 0 Å². The van der Waals surface area contributed by atoms with Crippen LogP contribution in [-0.4, -0.2) is 16.8 Å². The van der Waals surface area contributed by atoms with Crippen molar-refractivity contribution in [2.45, 2.75) is 20.1 Å². The number of anilines is 1. The van der Waals surface area contributed by atoms with Gasteiger partial charge < -0.3 is 10.1 Å². The predicted molar refractivity (Wildman–Crippen MR) is 75.8 cm³/mol. The molecule has 0 atom stereocenters. The van der Waals surface area contributed by atoms with E-state index in [1.54, 1.807) is 6.07 Å². The van der Waals surface area contributed by atoms with Crippen LogP contribution in [0.1, 0.15) is 23.6 Å². The van der Waals surface area contributed by atoms with Gasteiger partial charge in [0.05, 0.1) is 18.4 Å². The highest BCUT2D eigenvalue weighted by Crippen LogP contribution is 2.14. The summed E-state index contributed by atoms with van der Waals surface area (Å²) < 4.78 is 5.45. The number of nitrogens with one attached hydrogen (secondary N) is 1. The summed E-state index contributed by atoms with van der Waals surface area (Å²) >= 11 is 0. The molecule has 5 nitrogen and oxygen atoms in total. The van der Waals surface area contributed by atoms with E-state index in [0.717, 1.165) is 11.1 Å². The van der Waals surface area contributed by atoms with Gasteiger partial charge in [0.1, 0.15) is 6.07 Å². The van der Waals surface area contributed by atoms with Crippen molar-refractivity contribution in [3.8, 4) is 6.07 Å². The summed E-state index contributed by atoms with van der Waals surface area (Å²) in [6.45, 7) is 3.82. The van der Waals surface area contributed by atoms with Crippen LogP contribution in [-0.2, 0) is 17.9 Å². The zero-order valence-corrected chi connectivity index (χ0v) is 11.3. The van der Waals surface area contributed by atoms with Crippen LogP contribution < -0.4 is 5.32 Å². The lowest BCUT2D eigenvalue weighted by atomic mass is 10.1. The molecule has 0 radical (unpaired) electrons. The third-order valence-electron chi connectivity index (χ3n) is 2.87. The van der Waals surface area contributed by atoms with E-state index in [0.29, 0.717) is 31.1 Å². The Morgan fingerprint density at radius 3 is 2.80 bits per heavy atom. The minimum absolute atomic E-state index is 0.488. The van der Waals surface area contributed by atoms with Crippen molar-refractivity contribution in [3.05, 3.63) is 53.2 Å². The smallest absolute Gasteiger partial charge is 0.166 e. The molecule has 0 amide bonds. The van der Waals surface area contributed by atoms with Crippen molar-refractivity contribution in [2.75, 3.05) is 11.9 Å². The Balaban J connectivity index is 2.09. The van der Waals surface area contributed by atoms with Crippen LogP contribution in [0.15, 0.2) is 36.5 Å². The van der Waals surface area contributed by atoms with Gasteiger partial charge in [0.25, 0.3) is 0 Å². The summed E-state index contributed by atoms with van der Waals surface area (Å²) in [4.78, 5) is 0. The van der Waals surface area contributed by atoms with Crippen LogP contribution in [0.25, 0.3) is 0 Å². The van der Waals surface area contributed by atoms with Gasteiger partial charge in [-0.25, -0.2) is 0 Å². The maximum absolute atomic E-state index is 9.01. The van der Waals surface area contributed by atoms with E-state index in [2.05, 4.69) is 21.6 Å². The summed E-state index contributed by atoms with van der Waals surface area (Å²) in [6, 6.07) is 11.8. The first kappa shape index (κ1) is 14.0. The van der Waals surface area contributed by atoms with Gasteiger partial charge in [-0.3, -0.25) is 0 Å². The molecule has 2 rings (SSSR count). The first-order valence-electron chi connectivity index (χ1n) is 6.45. The molecule has 2 aromatic rings. The van der Waals surface area contributed by atoms with Crippen LogP contribution in [0.5, 0.6) is 0 Å². The van der Waals surface area contributed by atoms with Crippen molar-refractivity contribution in [1.82, 2.24) is 10.2 Å². The topological polar surface area (TPSA) is 70.8 Å². The predicted octanol–water partition coefficient (Wildman–Crippen LogP) is 2.50. The van der Waals surface area contributed by atoms with Crippen molar-refractivity contribution in [3.63, 3.8) is 0 Å². The lowest BCUT2D eigenvalue weighted by Crippen LogP contribution is -2.07. The minimum Gasteiger partial charge on any atom is -0.377 e. The Morgan fingerprint density at radius 2 is 2.05 bits per heavy atom. The van der Waals surface area contributed by atoms with Crippen LogP contribution in [0.4, 0.5) is 5.82 Å². The standard InChI is InChI=1S/C15H16N4O/c1-2-20-11-14-6-4-3-5-13(14)10-17-15-12(9-16)7-8-18-19-15/h3-8H,2,10-11H2,1H3,(H,17,19). The molecule has 0 saturated heterocycles. The maximum atomic E-state index is 9.01. The highest BCUT2D eigenvalue weighted by Gasteiger charge is 2.05. The van der Waals surface area contributed by atoms with E-state index < -0.39 is 0 Å². The molecule has 1 N–H and O–H groups in total. The molecule has 0 unspecified atom stereocenters. The average molecular weight is 268 g/mol. The molecule has 0 aliphatic carbocycles. The van der Waals surface area contributed by atoms with E-state index >= 15 is 0 Å². The monoisotopic (exact) mass is 268 g/mol. The number of benzene rings is 1. The fourth-order valence-corrected chi connectivity index (χ4v) is 1.81. The van der Waals surface area contributed by atoms with Crippen molar-refractivity contribution < 1.29 is 4.74 Å². The fourth-order valence-electron chi connectivity index (χ4n) is 1.81. The summed E-state index contributed by atoms with van der Waals surface area (Å²) in [7, 11) is 0. The number of nitrogens with zero attached hydrogens (tertiary/aromatic N) is 3. The molecule has 0 aliphatic rings. The van der Waals surface area contributed by atoms with Gasteiger partial charge in [0.2, 0.25) is 0 Å². The van der Waals surface area contributed by atoms with E-state index in [4.69, 9.17) is 10.00 Å². The molecular formula is C15H16N4O. The fraction of sp³-hybridized carbons (Fsp3) is 0.267. The summed E-state index contributed by atoms with van der Waals surface area (Å²) in [5.74, 6) is 0.501. The van der Waals surface area contributed by atoms with Gasteiger partial charge in [-0.15, -0.1) is 5.10 Å². The second-order valence-corrected chi connectivity index (χ2v) is 4.16. The SMILES string of the molecule is CCOCc1ccccc1CNc1nnccc1C#N. The van der Waals surface area contributed by atoms with Crippen molar-refractivity contribution in [2.24, 2.45) is 0 Å². The first-order valence-corrected chi connectivity index (χ1v) is 6.45. The molecule has 0 aliphatic heterocycles. The Bertz CT molecular complexity index is 607. The molecule has 1 heterocycles. The number of nitriles is 1. The van der Waals surface area contributed by atoms with Gasteiger partial charge in [0, 0.05) is 13.2 Å². The third-order valence-corrected chi connectivity index (χ3v) is 2.87. The van der Waals surface area contributed by atoms with Crippen molar-refractivity contribution in [1.29, 1.82) is 5.26 Å². The maximum Gasteiger partial charge on any atom is 0.166 e. The minimum atomic E-state index is 0.488. The quantitative estimate of drug-likeness (QED) is 0.871. The molecule has 0 bridgehead atoms. The molecule has 102 valence electrons. The second kappa shape index (κ2) is 7.22. The largest absolute Gasteiger partial charge is 0.377 e. The number of ether oxygens (including phenoxy) is 1. The second-order valence-electron chi connectivity index (χ2n) is 4.16. The highest BCUT2D eigenvalue weighted by molar-refractivity contribution is 5.50. The Kier molecular flexibility index (Phi) is 5.04. The zero-order valence-electron chi connectivity index (χ0n) is 11.3. The molecule has 0 saturated carbocycles. The van der Waals surface area contributed by atoms with E-state index in [1.165, 1.54) is 6.20 Å². The number of rotatable bonds is 6. The Hall–Kier alpha value is -2.45. The number of hydrogen-bond donors (Lipinski definition) is 1. The lowest BCUT2D eigenvalue weighted by molar-refractivity contribution is 0.133. The van der Waals surface area contributed by atoms with Crippen molar-refractivity contribution >= 4 is 5.82 Å². The van der Waals surface area contributed by atoms with Gasteiger partial charge in [-0.1, -0.05) is 24.3 Å². The van der Waals surface area contributed by atoms with Crippen LogP contribution in [0, 0.1) is 11.3 Å². The van der Waals surface area contributed by atoms with Crippen LogP contribution >= 0.6 is 0 Å². The third kappa shape index (κ3) is 3.53. The summed E-state index contributed by atoms with van der Waals surface area (Å²) in [5, 5.41) is 19.9. The van der Waals surface area contributed by atoms with E-state index in [-0.39, 0.29) is 0 Å². The summed E-state index contributed by atoms with van der Waals surface area (Å²) in [6.07, 6.45) is 1.51. The molecule has 0 spiro atoms. The van der Waals surface area contributed by atoms with Gasteiger partial charge >= 0.3 is 0 Å². The average Bonchev–Trinajstić information content (AvgIpc) is 2.52. The van der Waals surface area contributed by atoms with Crippen LogP contribution in [0.3, 0.4) is 0 Å². The highest BCUT2D eigenvalue weighted by atomic mass is 16.5. The molecule has 5 heteroatoms.